The second kappa shape index (κ2) is 9.08. The topological polar surface area (TPSA) is 96.5 Å². The van der Waals surface area contributed by atoms with Crippen LogP contribution >= 0.6 is 11.6 Å². The lowest BCUT2D eigenvalue weighted by molar-refractivity contribution is -0.141. The number of amides is 1. The van der Waals surface area contributed by atoms with E-state index in [9.17, 15) is 31.1 Å². The molecule has 1 fully saturated rings. The van der Waals surface area contributed by atoms with Crippen LogP contribution in [-0.2, 0) is 22.6 Å². The lowest BCUT2D eigenvalue weighted by Crippen LogP contribution is -2.28. The number of aromatic nitrogens is 5. The van der Waals surface area contributed by atoms with E-state index in [4.69, 9.17) is 11.6 Å². The van der Waals surface area contributed by atoms with Crippen molar-refractivity contribution in [3.8, 4) is 22.5 Å². The highest BCUT2D eigenvalue weighted by Gasteiger charge is 2.52. The third kappa shape index (κ3) is 4.80. The Morgan fingerprint density at radius 3 is 2.26 bits per heavy atom. The highest BCUT2D eigenvalue weighted by molar-refractivity contribution is 6.32. The molecule has 2 aromatic carbocycles. The van der Waals surface area contributed by atoms with E-state index in [-0.39, 0.29) is 16.4 Å². The molecule has 1 aliphatic rings. The number of hydrogen-bond donors (Lipinski definition) is 2. The highest BCUT2D eigenvalue weighted by Crippen LogP contribution is 2.52. The summed E-state index contributed by atoms with van der Waals surface area (Å²) in [6.45, 7) is 0. The van der Waals surface area contributed by atoms with Crippen molar-refractivity contribution in [2.45, 2.75) is 30.6 Å². The van der Waals surface area contributed by atoms with Crippen LogP contribution < -0.4 is 5.32 Å². The fourth-order valence-corrected chi connectivity index (χ4v) is 4.50. The van der Waals surface area contributed by atoms with Gasteiger partial charge in [-0.3, -0.25) is 9.78 Å². The first kappa shape index (κ1) is 25.6. The van der Waals surface area contributed by atoms with Crippen molar-refractivity contribution in [3.63, 3.8) is 0 Å². The van der Waals surface area contributed by atoms with E-state index < -0.39 is 34.9 Å². The smallest absolute Gasteiger partial charge is 0.325 e. The van der Waals surface area contributed by atoms with Crippen LogP contribution in [0.4, 0.5) is 32.0 Å². The zero-order valence-corrected chi connectivity index (χ0v) is 19.7. The first-order valence-corrected chi connectivity index (χ1v) is 11.4. The molecule has 1 aliphatic carbocycles. The van der Waals surface area contributed by atoms with Crippen LogP contribution in [0.1, 0.15) is 29.7 Å². The standard InChI is InChI=1S/C24H15ClF6N6O/c25-18-9-13(23(26,27)28)2-5-17(18)22(7-8-22)21(38)33-14-3-4-15(16(10-14)20-34-36-37-35-20)12-1-6-19(32-11-12)24(29,30)31/h1-6,9-11H,7-8H2,(H,33,38)(H,34,35,36,37). The monoisotopic (exact) mass is 552 g/mol. The Bertz CT molecular complexity index is 1500. The Hall–Kier alpha value is -4.00. The van der Waals surface area contributed by atoms with E-state index in [0.717, 1.165) is 24.4 Å². The van der Waals surface area contributed by atoms with Gasteiger partial charge in [0.2, 0.25) is 5.91 Å². The van der Waals surface area contributed by atoms with Crippen LogP contribution in [0.5, 0.6) is 0 Å². The van der Waals surface area contributed by atoms with E-state index in [0.29, 0.717) is 35.2 Å². The number of pyridine rings is 1. The summed E-state index contributed by atoms with van der Waals surface area (Å²) in [5, 5.41) is 16.1. The molecule has 1 amide bonds. The molecular weight excluding hydrogens is 538 g/mol. The van der Waals surface area contributed by atoms with Crippen molar-refractivity contribution in [2.75, 3.05) is 5.32 Å². The summed E-state index contributed by atoms with van der Waals surface area (Å²) in [4.78, 5) is 16.7. The number of aromatic amines is 1. The summed E-state index contributed by atoms with van der Waals surface area (Å²) in [6, 6.07) is 9.61. The molecule has 196 valence electrons. The van der Waals surface area contributed by atoms with Gasteiger partial charge in [0.25, 0.3) is 0 Å². The lowest BCUT2D eigenvalue weighted by atomic mass is 9.93. The van der Waals surface area contributed by atoms with Crippen molar-refractivity contribution in [2.24, 2.45) is 0 Å². The van der Waals surface area contributed by atoms with E-state index >= 15 is 0 Å². The lowest BCUT2D eigenvalue weighted by Gasteiger charge is -2.19. The molecule has 14 heteroatoms. The zero-order valence-electron chi connectivity index (χ0n) is 19.0. The molecular formula is C24H15ClF6N6O. The number of rotatable bonds is 5. The summed E-state index contributed by atoms with van der Waals surface area (Å²) < 4.78 is 77.9. The van der Waals surface area contributed by atoms with E-state index in [1.54, 1.807) is 6.07 Å². The number of benzene rings is 2. The maximum absolute atomic E-state index is 13.3. The average molecular weight is 553 g/mol. The number of nitrogens with one attached hydrogen (secondary N) is 2. The Labute approximate surface area is 215 Å². The van der Waals surface area contributed by atoms with Crippen LogP contribution in [0.3, 0.4) is 0 Å². The molecule has 0 unspecified atom stereocenters. The molecule has 0 bridgehead atoms. The SMILES string of the molecule is O=C(Nc1ccc(-c2ccc(C(F)(F)F)nc2)c(-c2nnn[nH]2)c1)C1(c2ccc(C(F)(F)F)cc2Cl)CC1. The largest absolute Gasteiger partial charge is 0.433 e. The summed E-state index contributed by atoms with van der Waals surface area (Å²) in [6.07, 6.45) is -7.33. The molecule has 2 heterocycles. The van der Waals surface area contributed by atoms with Crippen molar-refractivity contribution in [3.05, 3.63) is 76.6 Å². The third-order valence-corrected chi connectivity index (χ3v) is 6.55. The molecule has 5 rings (SSSR count). The highest BCUT2D eigenvalue weighted by atomic mass is 35.5. The van der Waals surface area contributed by atoms with Gasteiger partial charge in [0.15, 0.2) is 5.82 Å². The van der Waals surface area contributed by atoms with Gasteiger partial charge in [0.05, 0.1) is 11.0 Å². The minimum Gasteiger partial charge on any atom is -0.325 e. The third-order valence-electron chi connectivity index (χ3n) is 6.24. The molecule has 38 heavy (non-hydrogen) atoms. The second-order valence-corrected chi connectivity index (χ2v) is 9.08. The zero-order chi connectivity index (χ0) is 27.3. The second-order valence-electron chi connectivity index (χ2n) is 8.67. The fraction of sp³-hybridized carbons (Fsp3) is 0.208. The van der Waals surface area contributed by atoms with E-state index in [2.05, 4.69) is 30.9 Å². The first-order valence-electron chi connectivity index (χ1n) is 11.0. The summed E-state index contributed by atoms with van der Waals surface area (Å²) >= 11 is 6.15. The molecule has 0 radical (unpaired) electrons. The molecule has 2 aromatic heterocycles. The molecule has 1 saturated carbocycles. The predicted octanol–water partition coefficient (Wildman–Crippen LogP) is 6.29. The van der Waals surface area contributed by atoms with Crippen molar-refractivity contribution >= 4 is 23.2 Å². The number of carbonyl (C=O) groups is 1. The van der Waals surface area contributed by atoms with E-state index in [1.807, 2.05) is 0 Å². The van der Waals surface area contributed by atoms with Crippen LogP contribution in [0.2, 0.25) is 5.02 Å². The number of carbonyl (C=O) groups excluding carboxylic acids is 1. The normalized spacial score (nSPS) is 14.8. The van der Waals surface area contributed by atoms with Crippen molar-refractivity contribution < 1.29 is 31.1 Å². The Morgan fingerprint density at radius 1 is 0.947 bits per heavy atom. The molecule has 0 atom stereocenters. The minimum atomic E-state index is -4.60. The number of halogens is 7. The van der Waals surface area contributed by atoms with Gasteiger partial charge in [-0.1, -0.05) is 29.8 Å². The van der Waals surface area contributed by atoms with Gasteiger partial charge in [0.1, 0.15) is 5.69 Å². The molecule has 7 nitrogen and oxygen atoms in total. The Balaban J connectivity index is 1.45. The Morgan fingerprint density at radius 2 is 1.71 bits per heavy atom. The van der Waals surface area contributed by atoms with Crippen LogP contribution in [0, 0.1) is 0 Å². The Kier molecular flexibility index (Phi) is 6.13. The molecule has 2 N–H and O–H groups in total. The van der Waals surface area contributed by atoms with Gasteiger partial charge in [-0.25, -0.2) is 5.10 Å². The van der Waals surface area contributed by atoms with Gasteiger partial charge in [-0.2, -0.15) is 26.3 Å². The van der Waals surface area contributed by atoms with E-state index in [1.165, 1.54) is 24.3 Å². The number of alkyl halides is 6. The number of tetrazole rings is 1. The molecule has 0 aliphatic heterocycles. The average Bonchev–Trinajstić information content (AvgIpc) is 3.48. The van der Waals surface area contributed by atoms with Crippen molar-refractivity contribution in [1.82, 2.24) is 25.6 Å². The van der Waals surface area contributed by atoms with Crippen LogP contribution in [0.15, 0.2) is 54.7 Å². The predicted molar refractivity (Wildman–Crippen MR) is 124 cm³/mol. The van der Waals surface area contributed by atoms with Gasteiger partial charge < -0.3 is 5.32 Å². The minimum absolute atomic E-state index is 0.161. The molecule has 4 aromatic rings. The van der Waals surface area contributed by atoms with Crippen LogP contribution in [0.25, 0.3) is 22.5 Å². The molecule has 0 saturated heterocycles. The number of nitrogens with zero attached hydrogens (tertiary/aromatic N) is 4. The number of H-pyrrole nitrogens is 1. The fourth-order valence-electron chi connectivity index (χ4n) is 4.14. The van der Waals surface area contributed by atoms with Gasteiger partial charge in [-0.15, -0.1) is 5.10 Å². The summed E-state index contributed by atoms with van der Waals surface area (Å²) in [5.74, 6) is -0.285. The summed E-state index contributed by atoms with van der Waals surface area (Å²) in [5.41, 5.74) is -1.31. The number of hydrogen-bond acceptors (Lipinski definition) is 5. The first-order chi connectivity index (χ1) is 17.9. The quantitative estimate of drug-likeness (QED) is 0.284. The van der Waals surface area contributed by atoms with Gasteiger partial charge >= 0.3 is 12.4 Å². The maximum Gasteiger partial charge on any atom is 0.433 e. The number of anilines is 1. The van der Waals surface area contributed by atoms with Crippen LogP contribution in [-0.4, -0.2) is 31.5 Å². The summed E-state index contributed by atoms with van der Waals surface area (Å²) in [7, 11) is 0. The molecule has 0 spiro atoms. The van der Waals surface area contributed by atoms with Gasteiger partial charge in [0, 0.05) is 28.0 Å². The maximum atomic E-state index is 13.3. The van der Waals surface area contributed by atoms with Gasteiger partial charge in [-0.05, 0) is 64.7 Å². The van der Waals surface area contributed by atoms with Crippen molar-refractivity contribution in [1.29, 1.82) is 0 Å².